The van der Waals surface area contributed by atoms with Crippen LogP contribution in [0.3, 0.4) is 0 Å². The van der Waals surface area contributed by atoms with Gasteiger partial charge in [0.25, 0.3) is 0 Å². The summed E-state index contributed by atoms with van der Waals surface area (Å²) in [7, 11) is 1.84. The predicted octanol–water partition coefficient (Wildman–Crippen LogP) is 3.38. The number of anilines is 1. The largest absolute Gasteiger partial charge is 0.486 e. The lowest BCUT2D eigenvalue weighted by molar-refractivity contribution is 0.250. The van der Waals surface area contributed by atoms with Crippen LogP contribution >= 0.6 is 0 Å². The van der Waals surface area contributed by atoms with Gasteiger partial charge >= 0.3 is 0 Å². The van der Waals surface area contributed by atoms with Crippen LogP contribution in [0.1, 0.15) is 6.42 Å². The highest BCUT2D eigenvalue weighted by atomic mass is 16.5. The molecular formula is C19H21N3O2. The lowest BCUT2D eigenvalue weighted by Crippen LogP contribution is -2.28. The van der Waals surface area contributed by atoms with Crippen LogP contribution in [0.2, 0.25) is 0 Å². The Morgan fingerprint density at radius 2 is 1.83 bits per heavy atom. The molecule has 0 aromatic heterocycles. The molecule has 1 unspecified atom stereocenters. The lowest BCUT2D eigenvalue weighted by Gasteiger charge is -2.19. The molecule has 24 heavy (non-hydrogen) atoms. The van der Waals surface area contributed by atoms with Crippen LogP contribution in [-0.2, 0) is 0 Å². The fourth-order valence-corrected chi connectivity index (χ4v) is 2.38. The summed E-state index contributed by atoms with van der Waals surface area (Å²) in [5.41, 5.74) is 13.4. The zero-order chi connectivity index (χ0) is 16.8. The number of rotatable bonds is 6. The number of nitrogens with two attached hydrogens (primary N) is 1. The lowest BCUT2D eigenvalue weighted by atomic mass is 10.1. The zero-order valence-electron chi connectivity index (χ0n) is 13.5. The van der Waals surface area contributed by atoms with Gasteiger partial charge in [0.2, 0.25) is 0 Å². The van der Waals surface area contributed by atoms with Gasteiger partial charge in [0.05, 0.1) is 0 Å². The Morgan fingerprint density at radius 1 is 1.04 bits per heavy atom. The molecule has 4 N–H and O–H groups in total. The SMILES string of the molecule is CNNC1=CCC(Oc2cccc(Oc3ccc(N)cc3)c2)C=C1. The van der Waals surface area contributed by atoms with Crippen molar-refractivity contribution in [3.05, 3.63) is 72.5 Å². The number of nitrogens with one attached hydrogen (secondary N) is 2. The predicted molar refractivity (Wildman–Crippen MR) is 95.8 cm³/mol. The Bertz CT molecular complexity index is 739. The first-order chi connectivity index (χ1) is 11.7. The molecule has 0 bridgehead atoms. The molecule has 0 saturated carbocycles. The number of benzene rings is 2. The third kappa shape index (κ3) is 4.30. The van der Waals surface area contributed by atoms with E-state index in [1.165, 1.54) is 0 Å². The molecule has 0 aliphatic heterocycles. The van der Waals surface area contributed by atoms with Gasteiger partial charge in [-0.1, -0.05) is 12.1 Å². The van der Waals surface area contributed by atoms with Crippen LogP contribution in [0, 0.1) is 0 Å². The van der Waals surface area contributed by atoms with Crippen LogP contribution in [0.5, 0.6) is 17.2 Å². The molecule has 0 fully saturated rings. The van der Waals surface area contributed by atoms with Crippen molar-refractivity contribution in [3.8, 4) is 17.2 Å². The molecular weight excluding hydrogens is 302 g/mol. The summed E-state index contributed by atoms with van der Waals surface area (Å²) in [5, 5.41) is 0. The minimum atomic E-state index is 0.0131. The standard InChI is InChI=1S/C19H21N3O2/c1-21-22-15-7-11-17(12-8-15)24-19-4-2-3-18(13-19)23-16-9-5-14(20)6-10-16/h2-11,13,17,21-22H,12,20H2,1H3. The first-order valence-electron chi connectivity index (χ1n) is 7.84. The number of hydrazine groups is 1. The second-order valence-electron chi connectivity index (χ2n) is 5.43. The molecule has 0 amide bonds. The van der Waals surface area contributed by atoms with Crippen LogP contribution in [-0.4, -0.2) is 13.2 Å². The summed E-state index contributed by atoms with van der Waals surface area (Å²) < 4.78 is 11.8. The highest BCUT2D eigenvalue weighted by Gasteiger charge is 2.10. The van der Waals surface area contributed by atoms with Crippen molar-refractivity contribution in [3.63, 3.8) is 0 Å². The third-order valence-electron chi connectivity index (χ3n) is 3.54. The van der Waals surface area contributed by atoms with E-state index >= 15 is 0 Å². The van der Waals surface area contributed by atoms with Gasteiger partial charge in [0.15, 0.2) is 0 Å². The minimum Gasteiger partial charge on any atom is -0.486 e. The zero-order valence-corrected chi connectivity index (χ0v) is 13.5. The van der Waals surface area contributed by atoms with E-state index in [-0.39, 0.29) is 6.10 Å². The Hall–Kier alpha value is -2.92. The van der Waals surface area contributed by atoms with E-state index in [1.807, 2.05) is 67.7 Å². The fourth-order valence-electron chi connectivity index (χ4n) is 2.38. The monoisotopic (exact) mass is 323 g/mol. The summed E-state index contributed by atoms with van der Waals surface area (Å²) in [4.78, 5) is 0. The van der Waals surface area contributed by atoms with Crippen LogP contribution in [0.4, 0.5) is 5.69 Å². The van der Waals surface area contributed by atoms with Crippen LogP contribution in [0.25, 0.3) is 0 Å². The number of hydrogen-bond donors (Lipinski definition) is 3. The molecule has 124 valence electrons. The number of ether oxygens (including phenoxy) is 2. The summed E-state index contributed by atoms with van der Waals surface area (Å²) in [6.07, 6.45) is 6.95. The van der Waals surface area contributed by atoms with Gasteiger partial charge < -0.3 is 20.6 Å². The Balaban J connectivity index is 1.62. The van der Waals surface area contributed by atoms with Crippen molar-refractivity contribution in [2.24, 2.45) is 0 Å². The van der Waals surface area contributed by atoms with Crippen LogP contribution in [0.15, 0.2) is 72.5 Å². The Morgan fingerprint density at radius 3 is 2.54 bits per heavy atom. The first kappa shape index (κ1) is 16.0. The minimum absolute atomic E-state index is 0.0131. The second kappa shape index (κ2) is 7.57. The van der Waals surface area contributed by atoms with Crippen molar-refractivity contribution in [2.45, 2.75) is 12.5 Å². The maximum Gasteiger partial charge on any atom is 0.131 e. The van der Waals surface area contributed by atoms with Crippen molar-refractivity contribution >= 4 is 5.69 Å². The summed E-state index contributed by atoms with van der Waals surface area (Å²) in [6, 6.07) is 14.9. The number of nitrogen functional groups attached to an aromatic ring is 1. The van der Waals surface area contributed by atoms with Gasteiger partial charge in [-0.05, 0) is 48.6 Å². The van der Waals surface area contributed by atoms with Crippen molar-refractivity contribution < 1.29 is 9.47 Å². The van der Waals surface area contributed by atoms with Gasteiger partial charge in [0, 0.05) is 30.9 Å². The molecule has 2 aromatic rings. The molecule has 1 atom stereocenters. The number of allylic oxidation sites excluding steroid dienone is 1. The van der Waals surface area contributed by atoms with Gasteiger partial charge in [-0.15, -0.1) is 0 Å². The molecule has 2 aromatic carbocycles. The summed E-state index contributed by atoms with van der Waals surface area (Å²) in [5.74, 6) is 2.24. The smallest absolute Gasteiger partial charge is 0.131 e. The molecule has 3 rings (SSSR count). The maximum atomic E-state index is 6.00. The maximum absolute atomic E-state index is 6.00. The van der Waals surface area contributed by atoms with Crippen LogP contribution < -0.4 is 26.1 Å². The molecule has 0 radical (unpaired) electrons. The average molecular weight is 323 g/mol. The average Bonchev–Trinajstić information content (AvgIpc) is 2.59. The molecule has 0 spiro atoms. The summed E-state index contributed by atoms with van der Waals surface area (Å²) in [6.45, 7) is 0. The fraction of sp³-hybridized carbons (Fsp3) is 0.158. The van der Waals surface area contributed by atoms with Gasteiger partial charge in [-0.2, -0.15) is 0 Å². The third-order valence-corrected chi connectivity index (χ3v) is 3.54. The molecule has 1 aliphatic rings. The topological polar surface area (TPSA) is 68.5 Å². The van der Waals surface area contributed by atoms with Gasteiger partial charge in [-0.3, -0.25) is 0 Å². The van der Waals surface area contributed by atoms with Gasteiger partial charge in [-0.25, -0.2) is 5.43 Å². The van der Waals surface area contributed by atoms with E-state index in [2.05, 4.69) is 16.9 Å². The highest BCUT2D eigenvalue weighted by molar-refractivity contribution is 5.44. The van der Waals surface area contributed by atoms with E-state index in [9.17, 15) is 0 Å². The quantitative estimate of drug-likeness (QED) is 0.562. The van der Waals surface area contributed by atoms with E-state index in [0.717, 1.165) is 29.4 Å². The van der Waals surface area contributed by atoms with E-state index < -0.39 is 0 Å². The Labute approximate surface area is 141 Å². The number of hydrogen-bond acceptors (Lipinski definition) is 5. The normalized spacial score (nSPS) is 16.4. The molecule has 0 saturated heterocycles. The van der Waals surface area contributed by atoms with Crippen molar-refractivity contribution in [1.29, 1.82) is 0 Å². The first-order valence-corrected chi connectivity index (χ1v) is 7.84. The summed E-state index contributed by atoms with van der Waals surface area (Å²) >= 11 is 0. The van der Waals surface area contributed by atoms with Gasteiger partial charge in [0.1, 0.15) is 23.4 Å². The highest BCUT2D eigenvalue weighted by Crippen LogP contribution is 2.27. The second-order valence-corrected chi connectivity index (χ2v) is 5.43. The van der Waals surface area contributed by atoms with E-state index in [0.29, 0.717) is 5.69 Å². The molecule has 0 heterocycles. The molecule has 5 nitrogen and oxygen atoms in total. The van der Waals surface area contributed by atoms with Crippen molar-refractivity contribution in [1.82, 2.24) is 10.9 Å². The van der Waals surface area contributed by atoms with E-state index in [4.69, 9.17) is 15.2 Å². The molecule has 1 aliphatic carbocycles. The van der Waals surface area contributed by atoms with Crippen molar-refractivity contribution in [2.75, 3.05) is 12.8 Å². The van der Waals surface area contributed by atoms with E-state index in [1.54, 1.807) is 0 Å². The molecule has 5 heteroatoms. The Kier molecular flexibility index (Phi) is 5.03.